The highest BCUT2D eigenvalue weighted by molar-refractivity contribution is 5.98. The number of hydrogen-bond donors (Lipinski definition) is 1. The van der Waals surface area contributed by atoms with E-state index in [1.54, 1.807) is 0 Å². The first-order valence-electron chi connectivity index (χ1n) is 8.41. The molecule has 0 bridgehead atoms. The number of amides is 2. The molecule has 0 spiro atoms. The molecule has 2 aliphatic rings. The third-order valence-electron chi connectivity index (χ3n) is 5.14. The average molecular weight is 320 g/mol. The second-order valence-corrected chi connectivity index (χ2v) is 6.59. The maximum absolute atomic E-state index is 12.9. The van der Waals surface area contributed by atoms with Crippen LogP contribution >= 0.6 is 0 Å². The van der Waals surface area contributed by atoms with Gasteiger partial charge in [0.1, 0.15) is 0 Å². The predicted octanol–water partition coefficient (Wildman–Crippen LogP) is 3.33. The van der Waals surface area contributed by atoms with Gasteiger partial charge in [-0.1, -0.05) is 24.3 Å². The topological polar surface area (TPSA) is 49.4 Å². The van der Waals surface area contributed by atoms with E-state index in [1.165, 1.54) is 11.1 Å². The van der Waals surface area contributed by atoms with E-state index in [0.717, 1.165) is 24.1 Å². The van der Waals surface area contributed by atoms with Crippen LogP contribution in [0.15, 0.2) is 42.5 Å². The minimum atomic E-state index is 0.0383. The van der Waals surface area contributed by atoms with Crippen molar-refractivity contribution in [3.8, 4) is 0 Å². The molecule has 0 radical (unpaired) electrons. The molecule has 2 aromatic rings. The number of carbonyl (C=O) groups excluding carboxylic acids is 2. The SMILES string of the molecule is CN(C(=O)c1ccc2c(c1)CCC(=O)N2)C1CCc2ccccc21. The smallest absolute Gasteiger partial charge is 0.254 e. The molecule has 1 aliphatic carbocycles. The monoisotopic (exact) mass is 320 g/mol. The van der Waals surface area contributed by atoms with Gasteiger partial charge < -0.3 is 10.2 Å². The molecule has 2 amide bonds. The fourth-order valence-electron chi connectivity index (χ4n) is 3.80. The first-order valence-corrected chi connectivity index (χ1v) is 8.41. The van der Waals surface area contributed by atoms with Crippen molar-refractivity contribution in [3.63, 3.8) is 0 Å². The molecule has 0 fully saturated rings. The van der Waals surface area contributed by atoms with Crippen LogP contribution in [0, 0.1) is 0 Å². The van der Waals surface area contributed by atoms with E-state index in [2.05, 4.69) is 23.5 Å². The highest BCUT2D eigenvalue weighted by Gasteiger charge is 2.29. The Morgan fingerprint density at radius 2 is 1.92 bits per heavy atom. The summed E-state index contributed by atoms with van der Waals surface area (Å²) >= 11 is 0. The van der Waals surface area contributed by atoms with Crippen molar-refractivity contribution in [2.75, 3.05) is 12.4 Å². The van der Waals surface area contributed by atoms with Crippen molar-refractivity contribution >= 4 is 17.5 Å². The van der Waals surface area contributed by atoms with Gasteiger partial charge in [0.25, 0.3) is 5.91 Å². The van der Waals surface area contributed by atoms with E-state index in [1.807, 2.05) is 36.2 Å². The van der Waals surface area contributed by atoms with Crippen LogP contribution in [0.3, 0.4) is 0 Å². The Labute approximate surface area is 141 Å². The first-order chi connectivity index (χ1) is 11.6. The lowest BCUT2D eigenvalue weighted by Gasteiger charge is -2.26. The number of aryl methyl sites for hydroxylation is 2. The Morgan fingerprint density at radius 1 is 1.08 bits per heavy atom. The van der Waals surface area contributed by atoms with Crippen molar-refractivity contribution in [1.29, 1.82) is 0 Å². The van der Waals surface area contributed by atoms with Gasteiger partial charge in [0.2, 0.25) is 5.91 Å². The molecule has 1 heterocycles. The zero-order valence-electron chi connectivity index (χ0n) is 13.7. The fourth-order valence-corrected chi connectivity index (χ4v) is 3.80. The molecule has 4 nitrogen and oxygen atoms in total. The van der Waals surface area contributed by atoms with Crippen LogP contribution in [0.1, 0.15) is 45.9 Å². The Bertz CT molecular complexity index is 828. The lowest BCUT2D eigenvalue weighted by molar-refractivity contribution is -0.116. The summed E-state index contributed by atoms with van der Waals surface area (Å²) in [5.41, 5.74) is 5.17. The van der Waals surface area contributed by atoms with Gasteiger partial charge in [-0.15, -0.1) is 0 Å². The minimum Gasteiger partial charge on any atom is -0.335 e. The van der Waals surface area contributed by atoms with Crippen molar-refractivity contribution in [3.05, 3.63) is 64.7 Å². The molecular formula is C20H20N2O2. The molecule has 122 valence electrons. The first kappa shape index (κ1) is 14.9. The lowest BCUT2D eigenvalue weighted by Crippen LogP contribution is -2.30. The summed E-state index contributed by atoms with van der Waals surface area (Å²) in [7, 11) is 1.89. The third-order valence-corrected chi connectivity index (χ3v) is 5.14. The van der Waals surface area contributed by atoms with Crippen molar-refractivity contribution in [2.45, 2.75) is 31.7 Å². The Balaban J connectivity index is 1.59. The van der Waals surface area contributed by atoms with E-state index >= 15 is 0 Å². The van der Waals surface area contributed by atoms with Crippen LogP contribution in [0.4, 0.5) is 5.69 Å². The van der Waals surface area contributed by atoms with E-state index in [4.69, 9.17) is 0 Å². The Morgan fingerprint density at radius 3 is 2.79 bits per heavy atom. The van der Waals surface area contributed by atoms with Gasteiger partial charge in [-0.05, 0) is 54.2 Å². The van der Waals surface area contributed by atoms with Crippen molar-refractivity contribution in [1.82, 2.24) is 4.90 Å². The predicted molar refractivity (Wildman–Crippen MR) is 93.0 cm³/mol. The molecule has 0 aromatic heterocycles. The summed E-state index contributed by atoms with van der Waals surface area (Å²) in [6.07, 6.45) is 3.17. The number of anilines is 1. The summed E-state index contributed by atoms with van der Waals surface area (Å²) < 4.78 is 0. The quantitative estimate of drug-likeness (QED) is 0.922. The number of benzene rings is 2. The number of nitrogens with one attached hydrogen (secondary N) is 1. The number of fused-ring (bicyclic) bond motifs is 2. The summed E-state index contributed by atoms with van der Waals surface area (Å²) in [6.45, 7) is 0. The van der Waals surface area contributed by atoms with E-state index in [-0.39, 0.29) is 17.9 Å². The molecule has 0 saturated heterocycles. The molecular weight excluding hydrogens is 300 g/mol. The molecule has 24 heavy (non-hydrogen) atoms. The normalized spacial score (nSPS) is 18.5. The zero-order valence-corrected chi connectivity index (χ0v) is 13.7. The zero-order chi connectivity index (χ0) is 16.7. The number of rotatable bonds is 2. The molecule has 4 rings (SSSR count). The highest BCUT2D eigenvalue weighted by Crippen LogP contribution is 2.35. The number of carbonyl (C=O) groups is 2. The maximum atomic E-state index is 12.9. The number of hydrogen-bond acceptors (Lipinski definition) is 2. The molecule has 1 aliphatic heterocycles. The van der Waals surface area contributed by atoms with Gasteiger partial charge in [0, 0.05) is 24.7 Å². The Hall–Kier alpha value is -2.62. The fraction of sp³-hybridized carbons (Fsp3) is 0.300. The summed E-state index contributed by atoms with van der Waals surface area (Å²) in [4.78, 5) is 26.2. The van der Waals surface area contributed by atoms with Gasteiger partial charge in [-0.25, -0.2) is 0 Å². The second kappa shape index (κ2) is 5.78. The second-order valence-electron chi connectivity index (χ2n) is 6.59. The van der Waals surface area contributed by atoms with E-state index < -0.39 is 0 Å². The molecule has 4 heteroatoms. The van der Waals surface area contributed by atoms with Crippen LogP contribution in [-0.4, -0.2) is 23.8 Å². The molecule has 1 atom stereocenters. The van der Waals surface area contributed by atoms with E-state index in [9.17, 15) is 9.59 Å². The minimum absolute atomic E-state index is 0.0383. The van der Waals surface area contributed by atoms with Crippen molar-refractivity contribution < 1.29 is 9.59 Å². The summed E-state index contributed by atoms with van der Waals surface area (Å²) in [5, 5.41) is 2.86. The molecule has 0 saturated carbocycles. The van der Waals surface area contributed by atoms with Crippen LogP contribution < -0.4 is 5.32 Å². The summed E-state index contributed by atoms with van der Waals surface area (Å²) in [5.74, 6) is 0.0812. The van der Waals surface area contributed by atoms with Gasteiger partial charge in [-0.2, -0.15) is 0 Å². The molecule has 1 N–H and O–H groups in total. The van der Waals surface area contributed by atoms with Gasteiger partial charge in [0.05, 0.1) is 6.04 Å². The summed E-state index contributed by atoms with van der Waals surface area (Å²) in [6, 6.07) is 14.1. The standard InChI is InChI=1S/C20H20N2O2/c1-22(18-10-7-13-4-2-3-5-16(13)18)20(24)15-6-9-17-14(12-15)8-11-19(23)21-17/h2-6,9,12,18H,7-8,10-11H2,1H3,(H,21,23). The van der Waals surface area contributed by atoms with Crippen LogP contribution in [0.5, 0.6) is 0 Å². The van der Waals surface area contributed by atoms with Gasteiger partial charge >= 0.3 is 0 Å². The van der Waals surface area contributed by atoms with Gasteiger partial charge in [-0.3, -0.25) is 9.59 Å². The number of nitrogens with zero attached hydrogens (tertiary/aromatic N) is 1. The van der Waals surface area contributed by atoms with Gasteiger partial charge in [0.15, 0.2) is 0 Å². The molecule has 2 aromatic carbocycles. The van der Waals surface area contributed by atoms with Crippen LogP contribution in [0.2, 0.25) is 0 Å². The lowest BCUT2D eigenvalue weighted by atomic mass is 9.99. The maximum Gasteiger partial charge on any atom is 0.254 e. The third kappa shape index (κ3) is 2.48. The van der Waals surface area contributed by atoms with E-state index in [0.29, 0.717) is 18.4 Å². The molecule has 1 unspecified atom stereocenters. The van der Waals surface area contributed by atoms with Crippen LogP contribution in [0.25, 0.3) is 0 Å². The highest BCUT2D eigenvalue weighted by atomic mass is 16.2. The van der Waals surface area contributed by atoms with Crippen molar-refractivity contribution in [2.24, 2.45) is 0 Å². The largest absolute Gasteiger partial charge is 0.335 e. The van der Waals surface area contributed by atoms with Crippen LogP contribution in [-0.2, 0) is 17.6 Å². The Kier molecular flexibility index (Phi) is 3.60. The average Bonchev–Trinajstić information content (AvgIpc) is 3.04.